The second-order valence-corrected chi connectivity index (χ2v) is 11.0. The minimum Gasteiger partial charge on any atom is -0.458 e. The maximum Gasteiger partial charge on any atom is 0.332 e. The lowest BCUT2D eigenvalue weighted by molar-refractivity contribution is -0.160. The number of hydrogen-bond donors (Lipinski definition) is 2. The molecule has 2 unspecified atom stereocenters. The van der Waals surface area contributed by atoms with Gasteiger partial charge in [0.15, 0.2) is 0 Å². The van der Waals surface area contributed by atoms with E-state index in [4.69, 9.17) is 15.0 Å². The van der Waals surface area contributed by atoms with E-state index in [0.29, 0.717) is 26.2 Å². The minimum atomic E-state index is -0.692. The number of hydrogen-bond acceptors (Lipinski definition) is 8. The number of carbonyl (C=O) groups is 1. The zero-order valence-corrected chi connectivity index (χ0v) is 24.2. The third kappa shape index (κ3) is 8.11. The van der Waals surface area contributed by atoms with Crippen molar-refractivity contribution in [1.82, 2.24) is 0 Å². The van der Waals surface area contributed by atoms with E-state index in [-0.39, 0.29) is 24.4 Å². The summed E-state index contributed by atoms with van der Waals surface area (Å²) in [5.74, 6) is -1.09. The highest BCUT2D eigenvalue weighted by Gasteiger charge is 2.50. The molecule has 218 valence electrons. The zero-order valence-electron chi connectivity index (χ0n) is 24.2. The molecule has 1 saturated carbocycles. The summed E-state index contributed by atoms with van der Waals surface area (Å²) >= 11 is 0. The number of anilines is 2. The molecule has 0 aliphatic heterocycles. The molecular formula is C30H43N5O5. The summed E-state index contributed by atoms with van der Waals surface area (Å²) in [7, 11) is 0. The van der Waals surface area contributed by atoms with E-state index in [2.05, 4.69) is 26.7 Å². The quantitative estimate of drug-likeness (QED) is 0.115. The van der Waals surface area contributed by atoms with Crippen molar-refractivity contribution < 1.29 is 24.5 Å². The van der Waals surface area contributed by atoms with Crippen molar-refractivity contribution >= 4 is 17.3 Å². The maximum absolute atomic E-state index is 11.8. The summed E-state index contributed by atoms with van der Waals surface area (Å²) in [5, 5.41) is 25.6. The normalized spacial score (nSPS) is 20.3. The monoisotopic (exact) mass is 553 g/mol. The third-order valence-corrected chi connectivity index (χ3v) is 7.20. The van der Waals surface area contributed by atoms with Crippen LogP contribution in [-0.4, -0.2) is 79.9 Å². The lowest BCUT2D eigenvalue weighted by atomic mass is 9.63. The Balaban J connectivity index is 1.55. The van der Waals surface area contributed by atoms with Crippen LogP contribution in [0.1, 0.15) is 57.6 Å². The van der Waals surface area contributed by atoms with Crippen molar-refractivity contribution in [2.45, 2.75) is 64.3 Å². The largest absolute Gasteiger partial charge is 0.458 e. The van der Waals surface area contributed by atoms with Gasteiger partial charge in [0.05, 0.1) is 18.8 Å². The number of ether oxygens (including phenoxy) is 2. The number of benzene rings is 2. The molecule has 0 spiro atoms. The number of azide groups is 1. The first-order valence-corrected chi connectivity index (χ1v) is 14.0. The molecule has 40 heavy (non-hydrogen) atoms. The van der Waals surface area contributed by atoms with Crippen LogP contribution < -0.4 is 9.80 Å². The molecule has 2 aromatic rings. The smallest absolute Gasteiger partial charge is 0.332 e. The van der Waals surface area contributed by atoms with Gasteiger partial charge in [0.25, 0.3) is 0 Å². The summed E-state index contributed by atoms with van der Waals surface area (Å²) in [6, 6.07) is 15.8. The molecule has 10 nitrogen and oxygen atoms in total. The Labute approximate surface area is 237 Å². The van der Waals surface area contributed by atoms with Crippen LogP contribution in [0.2, 0.25) is 0 Å². The van der Waals surface area contributed by atoms with Gasteiger partial charge < -0.3 is 29.5 Å². The summed E-state index contributed by atoms with van der Waals surface area (Å²) in [6.07, 6.45) is -1.38. The molecule has 10 heteroatoms. The third-order valence-electron chi connectivity index (χ3n) is 7.20. The Morgan fingerprint density at radius 1 is 0.900 bits per heavy atom. The van der Waals surface area contributed by atoms with Gasteiger partial charge in [0.2, 0.25) is 0 Å². The zero-order chi connectivity index (χ0) is 29.3. The fourth-order valence-electron chi connectivity index (χ4n) is 5.16. The Morgan fingerprint density at radius 2 is 1.38 bits per heavy atom. The predicted octanol–water partition coefficient (Wildman–Crippen LogP) is 4.61. The molecule has 1 fully saturated rings. The highest BCUT2D eigenvalue weighted by atomic mass is 16.6. The van der Waals surface area contributed by atoms with Crippen molar-refractivity contribution in [3.05, 3.63) is 70.1 Å². The van der Waals surface area contributed by atoms with Crippen LogP contribution in [0.4, 0.5) is 11.4 Å². The van der Waals surface area contributed by atoms with Gasteiger partial charge in [-0.15, -0.1) is 0 Å². The van der Waals surface area contributed by atoms with E-state index in [9.17, 15) is 15.0 Å². The van der Waals surface area contributed by atoms with Gasteiger partial charge in [-0.25, -0.2) is 4.79 Å². The highest BCUT2D eigenvalue weighted by molar-refractivity contribution is 5.71. The Hall–Kier alpha value is -3.30. The Bertz CT molecular complexity index is 1120. The van der Waals surface area contributed by atoms with Crippen LogP contribution in [0.3, 0.4) is 0 Å². The summed E-state index contributed by atoms with van der Waals surface area (Å²) in [6.45, 7) is 13.1. The standard InChI is InChI=1S/C30H43N5O5/c1-6-34(17-16-32-33-31)23-12-8-21(9-13-23)26-28(37)27(29(26)38)22-10-14-24(15-11-22)35(7-2)18-19-39-20-25(36)40-30(3,4)5/h8-15,26-29,37-38H,6-7,16-20H2,1-5H3. The number of aliphatic hydroxyl groups excluding tert-OH is 2. The van der Waals surface area contributed by atoms with E-state index in [0.717, 1.165) is 35.6 Å². The maximum atomic E-state index is 11.8. The van der Waals surface area contributed by atoms with Crippen molar-refractivity contribution in [1.29, 1.82) is 0 Å². The van der Waals surface area contributed by atoms with Gasteiger partial charge in [-0.3, -0.25) is 0 Å². The second kappa shape index (κ2) is 14.4. The van der Waals surface area contributed by atoms with Crippen molar-refractivity contribution in [2.24, 2.45) is 5.11 Å². The molecule has 2 atom stereocenters. The van der Waals surface area contributed by atoms with Gasteiger partial charge in [-0.1, -0.05) is 29.4 Å². The minimum absolute atomic E-state index is 0.0800. The molecule has 2 N–H and O–H groups in total. The Morgan fingerprint density at radius 3 is 1.80 bits per heavy atom. The number of rotatable bonds is 14. The molecule has 0 saturated heterocycles. The fraction of sp³-hybridized carbons (Fsp3) is 0.567. The number of nitrogens with zero attached hydrogens (tertiary/aromatic N) is 5. The number of carbonyl (C=O) groups excluding carboxylic acids is 1. The summed E-state index contributed by atoms with van der Waals surface area (Å²) in [5.41, 5.74) is 11.8. The molecule has 0 aromatic heterocycles. The molecule has 0 radical (unpaired) electrons. The van der Waals surface area contributed by atoms with Crippen molar-refractivity contribution in [3.63, 3.8) is 0 Å². The van der Waals surface area contributed by atoms with Crippen LogP contribution >= 0.6 is 0 Å². The molecule has 3 rings (SSSR count). The van der Waals surface area contributed by atoms with Gasteiger partial charge >= 0.3 is 5.97 Å². The molecule has 0 bridgehead atoms. The predicted molar refractivity (Wildman–Crippen MR) is 157 cm³/mol. The van der Waals surface area contributed by atoms with E-state index in [1.54, 1.807) is 0 Å². The van der Waals surface area contributed by atoms with Crippen LogP contribution in [0.25, 0.3) is 10.4 Å². The summed E-state index contributed by atoms with van der Waals surface area (Å²) < 4.78 is 10.8. The lowest BCUT2D eigenvalue weighted by Gasteiger charge is -2.47. The average Bonchev–Trinajstić information content (AvgIpc) is 2.91. The number of aliphatic hydroxyl groups is 2. The fourth-order valence-corrected chi connectivity index (χ4v) is 5.16. The van der Waals surface area contributed by atoms with Gasteiger partial charge in [0.1, 0.15) is 12.2 Å². The lowest BCUT2D eigenvalue weighted by Crippen LogP contribution is -2.51. The first kappa shape index (κ1) is 31.2. The topological polar surface area (TPSA) is 131 Å². The van der Waals surface area contributed by atoms with E-state index >= 15 is 0 Å². The van der Waals surface area contributed by atoms with Gasteiger partial charge in [-0.2, -0.15) is 0 Å². The van der Waals surface area contributed by atoms with Crippen LogP contribution in [-0.2, 0) is 14.3 Å². The van der Waals surface area contributed by atoms with Gasteiger partial charge in [0, 0.05) is 60.8 Å². The molecule has 2 aromatic carbocycles. The molecule has 1 aliphatic rings. The number of esters is 1. The molecule has 0 heterocycles. The van der Waals surface area contributed by atoms with Crippen molar-refractivity contribution in [2.75, 3.05) is 55.7 Å². The molecular weight excluding hydrogens is 510 g/mol. The summed E-state index contributed by atoms with van der Waals surface area (Å²) in [4.78, 5) is 18.9. The number of likely N-dealkylation sites (N-methyl/N-ethyl adjacent to an activating group) is 2. The van der Waals surface area contributed by atoms with Gasteiger partial charge in [-0.05, 0) is 75.5 Å². The second-order valence-electron chi connectivity index (χ2n) is 11.0. The van der Waals surface area contributed by atoms with Crippen LogP contribution in [0, 0.1) is 0 Å². The van der Waals surface area contributed by atoms with Crippen LogP contribution in [0.15, 0.2) is 53.6 Å². The molecule has 0 amide bonds. The van der Waals surface area contributed by atoms with Crippen molar-refractivity contribution in [3.8, 4) is 0 Å². The average molecular weight is 554 g/mol. The van der Waals surface area contributed by atoms with E-state index in [1.807, 2.05) is 76.2 Å². The first-order chi connectivity index (χ1) is 19.1. The van der Waals surface area contributed by atoms with Crippen LogP contribution in [0.5, 0.6) is 0 Å². The highest BCUT2D eigenvalue weighted by Crippen LogP contribution is 2.48. The first-order valence-electron chi connectivity index (χ1n) is 14.0. The van der Waals surface area contributed by atoms with E-state index in [1.165, 1.54) is 0 Å². The van der Waals surface area contributed by atoms with E-state index < -0.39 is 17.8 Å². The Kier molecular flexibility index (Phi) is 11.2. The SMILES string of the molecule is CCN(CCN=[N+]=[N-])c1ccc(C2C(O)C(c3ccc(N(CC)CCOCC(=O)OC(C)(C)C)cc3)C2O)cc1. The molecule has 1 aliphatic carbocycles.